The number of hydrogen-bond donors (Lipinski definition) is 2. The molecule has 0 spiro atoms. The number of nitrogens with one attached hydrogen (secondary N) is 1. The highest BCUT2D eigenvalue weighted by atomic mass is 79.9. The molecule has 2 atom stereocenters. The van der Waals surface area contributed by atoms with Gasteiger partial charge in [-0.25, -0.2) is 0 Å². The third-order valence-corrected chi connectivity index (χ3v) is 3.11. The van der Waals surface area contributed by atoms with Crippen molar-refractivity contribution in [2.45, 2.75) is 26.3 Å². The maximum absolute atomic E-state index is 11.6. The largest absolute Gasteiger partial charge is 0.353 e. The predicted octanol–water partition coefficient (Wildman–Crippen LogP) is 2.09. The summed E-state index contributed by atoms with van der Waals surface area (Å²) >= 11 is 3.43. The van der Waals surface area contributed by atoms with Gasteiger partial charge in [-0.15, -0.1) is 0 Å². The second kappa shape index (κ2) is 6.77. The van der Waals surface area contributed by atoms with Crippen LogP contribution in [0.2, 0.25) is 0 Å². The van der Waals surface area contributed by atoms with Gasteiger partial charge in [0.1, 0.15) is 0 Å². The molecular weight excluding hydrogens is 280 g/mol. The lowest BCUT2D eigenvalue weighted by Gasteiger charge is -2.16. The van der Waals surface area contributed by atoms with E-state index in [0.717, 1.165) is 10.9 Å². The summed E-state index contributed by atoms with van der Waals surface area (Å²) in [6, 6.07) is 8.22. The van der Waals surface area contributed by atoms with Crippen molar-refractivity contribution >= 4 is 21.8 Å². The van der Waals surface area contributed by atoms with Crippen LogP contribution in [0.4, 0.5) is 0 Å². The van der Waals surface area contributed by atoms with Crippen molar-refractivity contribution in [3.05, 3.63) is 34.3 Å². The molecule has 2 unspecified atom stereocenters. The number of halogens is 1. The predicted molar refractivity (Wildman–Crippen MR) is 73.7 cm³/mol. The first-order chi connectivity index (χ1) is 8.02. The van der Waals surface area contributed by atoms with Crippen LogP contribution >= 0.6 is 15.9 Å². The number of nitrogens with two attached hydrogens (primary N) is 1. The van der Waals surface area contributed by atoms with Gasteiger partial charge in [0.25, 0.3) is 0 Å². The Morgan fingerprint density at radius 1 is 1.47 bits per heavy atom. The van der Waals surface area contributed by atoms with Gasteiger partial charge >= 0.3 is 0 Å². The molecule has 3 N–H and O–H groups in total. The Kier molecular flexibility index (Phi) is 5.65. The molecule has 0 radical (unpaired) electrons. The van der Waals surface area contributed by atoms with Crippen LogP contribution in [0.15, 0.2) is 28.7 Å². The molecule has 0 saturated carbocycles. The zero-order valence-electron chi connectivity index (χ0n) is 10.2. The van der Waals surface area contributed by atoms with Gasteiger partial charge < -0.3 is 11.1 Å². The molecule has 1 aromatic carbocycles. The fourth-order valence-corrected chi connectivity index (χ4v) is 2.01. The van der Waals surface area contributed by atoms with Gasteiger partial charge in [-0.05, 0) is 31.0 Å². The van der Waals surface area contributed by atoms with Gasteiger partial charge in [0, 0.05) is 23.0 Å². The second-order valence-electron chi connectivity index (χ2n) is 4.38. The topological polar surface area (TPSA) is 55.1 Å². The van der Waals surface area contributed by atoms with Crippen molar-refractivity contribution in [3.63, 3.8) is 0 Å². The third-order valence-electron chi connectivity index (χ3n) is 2.62. The first-order valence-corrected chi connectivity index (χ1v) is 6.57. The van der Waals surface area contributed by atoms with E-state index < -0.39 is 0 Å². The summed E-state index contributed by atoms with van der Waals surface area (Å²) in [5.41, 5.74) is 6.66. The Morgan fingerprint density at radius 2 is 2.18 bits per heavy atom. The lowest BCUT2D eigenvalue weighted by molar-refractivity contribution is -0.124. The van der Waals surface area contributed by atoms with Crippen LogP contribution in [-0.4, -0.2) is 18.5 Å². The molecule has 0 aromatic heterocycles. The lowest BCUT2D eigenvalue weighted by Crippen LogP contribution is -2.39. The quantitative estimate of drug-likeness (QED) is 0.874. The zero-order valence-corrected chi connectivity index (χ0v) is 11.8. The third kappa shape index (κ3) is 4.88. The molecule has 0 aliphatic rings. The van der Waals surface area contributed by atoms with Crippen LogP contribution in [0.3, 0.4) is 0 Å². The first-order valence-electron chi connectivity index (χ1n) is 5.77. The van der Waals surface area contributed by atoms with Crippen LogP contribution < -0.4 is 11.1 Å². The fourth-order valence-electron chi connectivity index (χ4n) is 1.56. The summed E-state index contributed by atoms with van der Waals surface area (Å²) in [7, 11) is 0. The molecular formula is C13H19BrN2O. The number of amides is 1. The second-order valence-corrected chi connectivity index (χ2v) is 5.30. The average Bonchev–Trinajstić information content (AvgIpc) is 2.27. The maximum Gasteiger partial charge on any atom is 0.224 e. The Hall–Kier alpha value is -0.870. The van der Waals surface area contributed by atoms with Crippen molar-refractivity contribution in [2.75, 3.05) is 6.54 Å². The van der Waals surface area contributed by atoms with Crippen LogP contribution in [0, 0.1) is 5.92 Å². The lowest BCUT2D eigenvalue weighted by atomic mass is 10.1. The number of benzene rings is 1. The maximum atomic E-state index is 11.6. The van der Waals surface area contributed by atoms with Gasteiger partial charge in [-0.2, -0.15) is 0 Å². The summed E-state index contributed by atoms with van der Waals surface area (Å²) in [5, 5.41) is 2.96. The molecule has 1 amide bonds. The van der Waals surface area contributed by atoms with E-state index in [-0.39, 0.29) is 17.9 Å². The Balaban J connectivity index is 2.50. The van der Waals surface area contributed by atoms with E-state index in [0.29, 0.717) is 6.54 Å². The molecule has 0 bridgehead atoms. The van der Waals surface area contributed by atoms with Gasteiger partial charge in [-0.3, -0.25) is 4.79 Å². The molecule has 1 aromatic rings. The van der Waals surface area contributed by atoms with E-state index in [4.69, 9.17) is 5.73 Å². The van der Waals surface area contributed by atoms with Gasteiger partial charge in [-0.1, -0.05) is 35.0 Å². The number of carbonyl (C=O) groups excluding carboxylic acids is 1. The molecule has 0 aliphatic heterocycles. The van der Waals surface area contributed by atoms with Crippen molar-refractivity contribution in [1.82, 2.24) is 5.32 Å². The van der Waals surface area contributed by atoms with E-state index in [1.54, 1.807) is 0 Å². The minimum absolute atomic E-state index is 0.0231. The minimum atomic E-state index is -0.125. The van der Waals surface area contributed by atoms with Gasteiger partial charge in [0.05, 0.1) is 0 Å². The smallest absolute Gasteiger partial charge is 0.224 e. The molecule has 17 heavy (non-hydrogen) atoms. The SMILES string of the molecule is CC(Cc1cccc(Br)c1)NC(=O)C(C)CN. The normalized spacial score (nSPS) is 14.1. The van der Waals surface area contributed by atoms with Crippen molar-refractivity contribution < 1.29 is 4.79 Å². The molecule has 1 rings (SSSR count). The standard InChI is InChI=1S/C13H19BrN2O/c1-9(8-15)13(17)16-10(2)6-11-4-3-5-12(14)7-11/h3-5,7,9-10H,6,8,15H2,1-2H3,(H,16,17). The monoisotopic (exact) mass is 298 g/mol. The van der Waals surface area contributed by atoms with E-state index in [9.17, 15) is 4.79 Å². The van der Waals surface area contributed by atoms with E-state index >= 15 is 0 Å². The van der Waals surface area contributed by atoms with Gasteiger partial charge in [0.2, 0.25) is 5.91 Å². The summed E-state index contributed by atoms with van der Waals surface area (Å²) < 4.78 is 1.06. The highest BCUT2D eigenvalue weighted by Gasteiger charge is 2.13. The molecule has 94 valence electrons. The molecule has 3 nitrogen and oxygen atoms in total. The minimum Gasteiger partial charge on any atom is -0.353 e. The first kappa shape index (κ1) is 14.2. The molecule has 0 aliphatic carbocycles. The van der Waals surface area contributed by atoms with Crippen molar-refractivity contribution in [1.29, 1.82) is 0 Å². The molecule has 0 heterocycles. The van der Waals surface area contributed by atoms with E-state index in [1.165, 1.54) is 5.56 Å². The van der Waals surface area contributed by atoms with Crippen molar-refractivity contribution in [2.24, 2.45) is 11.7 Å². The summed E-state index contributed by atoms with van der Waals surface area (Å²) in [6.45, 7) is 4.22. The average molecular weight is 299 g/mol. The highest BCUT2D eigenvalue weighted by Crippen LogP contribution is 2.13. The summed E-state index contributed by atoms with van der Waals surface area (Å²) in [4.78, 5) is 11.6. The van der Waals surface area contributed by atoms with Crippen LogP contribution in [0.1, 0.15) is 19.4 Å². The molecule has 4 heteroatoms. The van der Waals surface area contributed by atoms with Gasteiger partial charge in [0.15, 0.2) is 0 Å². The van der Waals surface area contributed by atoms with E-state index in [2.05, 4.69) is 33.4 Å². The molecule has 0 saturated heterocycles. The number of rotatable bonds is 5. The number of hydrogen-bond acceptors (Lipinski definition) is 2. The summed E-state index contributed by atoms with van der Waals surface area (Å²) in [6.07, 6.45) is 0.822. The fraction of sp³-hybridized carbons (Fsp3) is 0.462. The molecule has 0 fully saturated rings. The summed E-state index contributed by atoms with van der Waals surface area (Å²) in [5.74, 6) is -0.102. The van der Waals surface area contributed by atoms with Crippen molar-refractivity contribution in [3.8, 4) is 0 Å². The Bertz CT molecular complexity index is 381. The van der Waals surface area contributed by atoms with Crippen LogP contribution in [0.5, 0.6) is 0 Å². The van der Waals surface area contributed by atoms with Crippen LogP contribution in [-0.2, 0) is 11.2 Å². The van der Waals surface area contributed by atoms with Crippen LogP contribution in [0.25, 0.3) is 0 Å². The Morgan fingerprint density at radius 3 is 2.76 bits per heavy atom. The Labute approximate surface area is 111 Å². The van der Waals surface area contributed by atoms with E-state index in [1.807, 2.05) is 26.0 Å². The highest BCUT2D eigenvalue weighted by molar-refractivity contribution is 9.10. The zero-order chi connectivity index (χ0) is 12.8. The number of carbonyl (C=O) groups is 1.